The molecule has 96 valence electrons. The van der Waals surface area contributed by atoms with Gasteiger partial charge in [-0.1, -0.05) is 31.2 Å². The molecule has 1 aliphatic heterocycles. The van der Waals surface area contributed by atoms with Crippen molar-refractivity contribution >= 4 is 12.4 Å². The van der Waals surface area contributed by atoms with E-state index in [1.165, 1.54) is 11.1 Å². The molecule has 0 bridgehead atoms. The summed E-state index contributed by atoms with van der Waals surface area (Å²) < 4.78 is 5.37. The van der Waals surface area contributed by atoms with Gasteiger partial charge >= 0.3 is 0 Å². The van der Waals surface area contributed by atoms with Crippen LogP contribution in [0.3, 0.4) is 0 Å². The van der Waals surface area contributed by atoms with Crippen LogP contribution in [0.1, 0.15) is 36.9 Å². The van der Waals surface area contributed by atoms with Crippen molar-refractivity contribution < 1.29 is 4.74 Å². The van der Waals surface area contributed by atoms with Crippen LogP contribution in [0.5, 0.6) is 0 Å². The Labute approximate surface area is 110 Å². The third kappa shape index (κ3) is 3.70. The molecule has 0 spiro atoms. The summed E-state index contributed by atoms with van der Waals surface area (Å²) >= 11 is 0. The molecule has 0 radical (unpaired) electrons. The molecule has 1 aliphatic rings. The van der Waals surface area contributed by atoms with Crippen molar-refractivity contribution in [3.63, 3.8) is 0 Å². The highest BCUT2D eigenvalue weighted by molar-refractivity contribution is 5.85. The highest BCUT2D eigenvalue weighted by atomic mass is 35.5. The van der Waals surface area contributed by atoms with Crippen LogP contribution in [0.25, 0.3) is 0 Å². The molecule has 0 saturated carbocycles. The number of nitrogens with two attached hydrogens (primary N) is 1. The lowest BCUT2D eigenvalue weighted by atomic mass is 9.87. The van der Waals surface area contributed by atoms with Crippen molar-refractivity contribution in [3.05, 3.63) is 35.4 Å². The molecule has 0 aliphatic carbocycles. The molecule has 1 heterocycles. The van der Waals surface area contributed by atoms with Gasteiger partial charge in [0, 0.05) is 19.3 Å². The standard InChI is InChI=1S/C14H21NO.ClH/c1-2-11-3-5-12(6-4-11)14(15)13-7-9-16-10-8-13;/h3-6,13-14H,2,7-10,15H2,1H3;1H/t14-;/m0./s1. The van der Waals surface area contributed by atoms with Crippen molar-refractivity contribution in [2.75, 3.05) is 13.2 Å². The largest absolute Gasteiger partial charge is 0.381 e. The number of rotatable bonds is 3. The Bertz CT molecular complexity index is 319. The minimum Gasteiger partial charge on any atom is -0.381 e. The van der Waals surface area contributed by atoms with Gasteiger partial charge in [0.05, 0.1) is 0 Å². The predicted octanol–water partition coefficient (Wildman–Crippen LogP) is 3.10. The van der Waals surface area contributed by atoms with Gasteiger partial charge in [0.2, 0.25) is 0 Å². The summed E-state index contributed by atoms with van der Waals surface area (Å²) in [5, 5.41) is 0. The summed E-state index contributed by atoms with van der Waals surface area (Å²) in [6, 6.07) is 8.91. The summed E-state index contributed by atoms with van der Waals surface area (Å²) in [5.74, 6) is 0.584. The second kappa shape index (κ2) is 7.00. The van der Waals surface area contributed by atoms with E-state index in [0.29, 0.717) is 5.92 Å². The van der Waals surface area contributed by atoms with Crippen LogP contribution in [0.4, 0.5) is 0 Å². The molecule has 2 nitrogen and oxygen atoms in total. The van der Waals surface area contributed by atoms with Crippen LogP contribution in [-0.2, 0) is 11.2 Å². The van der Waals surface area contributed by atoms with Gasteiger partial charge in [-0.2, -0.15) is 0 Å². The van der Waals surface area contributed by atoms with Gasteiger partial charge in [0.25, 0.3) is 0 Å². The maximum atomic E-state index is 6.31. The van der Waals surface area contributed by atoms with E-state index in [4.69, 9.17) is 10.5 Å². The summed E-state index contributed by atoms with van der Waals surface area (Å²) in [4.78, 5) is 0. The van der Waals surface area contributed by atoms with Crippen LogP contribution in [0.15, 0.2) is 24.3 Å². The molecule has 1 atom stereocenters. The molecule has 0 unspecified atom stereocenters. The normalized spacial score (nSPS) is 18.5. The monoisotopic (exact) mass is 255 g/mol. The fraction of sp³-hybridized carbons (Fsp3) is 0.571. The number of hydrogen-bond acceptors (Lipinski definition) is 2. The fourth-order valence-corrected chi connectivity index (χ4v) is 2.32. The summed E-state index contributed by atoms with van der Waals surface area (Å²) in [6.07, 6.45) is 3.28. The third-order valence-electron chi connectivity index (χ3n) is 3.55. The molecular weight excluding hydrogens is 234 g/mol. The minimum atomic E-state index is 0. The molecule has 2 rings (SSSR count). The molecule has 1 saturated heterocycles. The molecule has 3 heteroatoms. The Morgan fingerprint density at radius 2 is 1.82 bits per heavy atom. The zero-order valence-electron chi connectivity index (χ0n) is 10.4. The van der Waals surface area contributed by atoms with E-state index in [0.717, 1.165) is 32.5 Å². The maximum Gasteiger partial charge on any atom is 0.0469 e. The molecule has 17 heavy (non-hydrogen) atoms. The average Bonchev–Trinajstić information content (AvgIpc) is 2.39. The maximum absolute atomic E-state index is 6.31. The smallest absolute Gasteiger partial charge is 0.0469 e. The van der Waals surface area contributed by atoms with E-state index in [1.807, 2.05) is 0 Å². The van der Waals surface area contributed by atoms with Crippen LogP contribution >= 0.6 is 12.4 Å². The Balaban J connectivity index is 0.00000144. The first-order valence-electron chi connectivity index (χ1n) is 6.23. The van der Waals surface area contributed by atoms with Crippen molar-refractivity contribution in [1.82, 2.24) is 0 Å². The van der Waals surface area contributed by atoms with Crippen molar-refractivity contribution in [2.24, 2.45) is 11.7 Å². The molecule has 1 aromatic rings. The van der Waals surface area contributed by atoms with Gasteiger partial charge in [0.15, 0.2) is 0 Å². The molecule has 1 fully saturated rings. The van der Waals surface area contributed by atoms with Crippen molar-refractivity contribution in [2.45, 2.75) is 32.2 Å². The Hall–Kier alpha value is -0.570. The molecule has 0 aromatic heterocycles. The van der Waals surface area contributed by atoms with E-state index >= 15 is 0 Å². The highest BCUT2D eigenvalue weighted by Gasteiger charge is 2.21. The quantitative estimate of drug-likeness (QED) is 0.901. The zero-order valence-corrected chi connectivity index (χ0v) is 11.2. The van der Waals surface area contributed by atoms with E-state index in [9.17, 15) is 0 Å². The van der Waals surface area contributed by atoms with Crippen LogP contribution in [-0.4, -0.2) is 13.2 Å². The van der Waals surface area contributed by atoms with E-state index in [-0.39, 0.29) is 18.4 Å². The van der Waals surface area contributed by atoms with Crippen LogP contribution in [0, 0.1) is 5.92 Å². The Morgan fingerprint density at radius 1 is 1.24 bits per heavy atom. The third-order valence-corrected chi connectivity index (χ3v) is 3.55. The van der Waals surface area contributed by atoms with Crippen molar-refractivity contribution in [3.8, 4) is 0 Å². The fourth-order valence-electron chi connectivity index (χ4n) is 2.32. The topological polar surface area (TPSA) is 35.2 Å². The van der Waals surface area contributed by atoms with Crippen LogP contribution < -0.4 is 5.73 Å². The van der Waals surface area contributed by atoms with Gasteiger partial charge in [-0.3, -0.25) is 0 Å². The Morgan fingerprint density at radius 3 is 2.35 bits per heavy atom. The SMILES string of the molecule is CCc1ccc([C@H](N)C2CCOCC2)cc1.Cl. The second-order valence-electron chi connectivity index (χ2n) is 4.57. The van der Waals surface area contributed by atoms with E-state index in [2.05, 4.69) is 31.2 Å². The van der Waals surface area contributed by atoms with Crippen molar-refractivity contribution in [1.29, 1.82) is 0 Å². The predicted molar refractivity (Wildman–Crippen MR) is 73.5 cm³/mol. The first kappa shape index (κ1) is 14.5. The second-order valence-corrected chi connectivity index (χ2v) is 4.57. The first-order chi connectivity index (χ1) is 7.81. The lowest BCUT2D eigenvalue weighted by Gasteiger charge is -2.27. The van der Waals surface area contributed by atoms with Crippen LogP contribution in [0.2, 0.25) is 0 Å². The van der Waals surface area contributed by atoms with Gasteiger partial charge in [0.1, 0.15) is 0 Å². The first-order valence-corrected chi connectivity index (χ1v) is 6.23. The summed E-state index contributed by atoms with van der Waals surface area (Å²) in [7, 11) is 0. The number of halogens is 1. The van der Waals surface area contributed by atoms with Gasteiger partial charge in [-0.05, 0) is 36.3 Å². The molecule has 1 aromatic carbocycles. The Kier molecular flexibility index (Phi) is 5.96. The van der Waals surface area contributed by atoms with Gasteiger partial charge in [-0.25, -0.2) is 0 Å². The minimum absolute atomic E-state index is 0. The highest BCUT2D eigenvalue weighted by Crippen LogP contribution is 2.28. The summed E-state index contributed by atoms with van der Waals surface area (Å²) in [5.41, 5.74) is 8.95. The molecular formula is C14H22ClNO. The van der Waals surface area contributed by atoms with Gasteiger partial charge < -0.3 is 10.5 Å². The molecule has 2 N–H and O–H groups in total. The number of benzene rings is 1. The van der Waals surface area contributed by atoms with E-state index in [1.54, 1.807) is 0 Å². The zero-order chi connectivity index (χ0) is 11.4. The number of hydrogen-bond donors (Lipinski definition) is 1. The number of ether oxygens (including phenoxy) is 1. The lowest BCUT2D eigenvalue weighted by Crippen LogP contribution is -2.27. The average molecular weight is 256 g/mol. The summed E-state index contributed by atoms with van der Waals surface area (Å²) in [6.45, 7) is 3.91. The van der Waals surface area contributed by atoms with Gasteiger partial charge in [-0.15, -0.1) is 12.4 Å². The lowest BCUT2D eigenvalue weighted by molar-refractivity contribution is 0.0584. The molecule has 0 amide bonds. The van der Waals surface area contributed by atoms with E-state index < -0.39 is 0 Å². The number of aryl methyl sites for hydroxylation is 1.